The second kappa shape index (κ2) is 13.9. The molecule has 0 bridgehead atoms. The maximum absolute atomic E-state index is 13.6. The zero-order chi connectivity index (χ0) is 29.3. The van der Waals surface area contributed by atoms with Gasteiger partial charge in [-0.1, -0.05) is 49.4 Å². The molecule has 8 nitrogen and oxygen atoms in total. The molecule has 0 spiro atoms. The van der Waals surface area contributed by atoms with Gasteiger partial charge in [0.15, 0.2) is 0 Å². The third-order valence-corrected chi connectivity index (χ3v) is 7.63. The van der Waals surface area contributed by atoms with E-state index in [4.69, 9.17) is 4.74 Å². The number of carbonyl (C=O) groups is 2. The van der Waals surface area contributed by atoms with Crippen molar-refractivity contribution in [1.82, 2.24) is 10.2 Å². The van der Waals surface area contributed by atoms with Gasteiger partial charge in [-0.2, -0.15) is 0 Å². The van der Waals surface area contributed by atoms with E-state index >= 15 is 0 Å². The summed E-state index contributed by atoms with van der Waals surface area (Å²) in [5.74, 6) is -0.828. The van der Waals surface area contributed by atoms with E-state index in [-0.39, 0.29) is 24.2 Å². The number of nitrogens with zero attached hydrogens (tertiary/aromatic N) is 2. The van der Waals surface area contributed by atoms with E-state index in [1.54, 1.807) is 31.2 Å². The molecular weight excluding hydrogens is 533 g/mol. The predicted octanol–water partition coefficient (Wildman–Crippen LogP) is 4.50. The molecule has 10 heteroatoms. The molecule has 3 aromatic carbocycles. The van der Waals surface area contributed by atoms with E-state index < -0.39 is 34.3 Å². The molecule has 0 aromatic heterocycles. The number of anilines is 1. The number of ether oxygens (including phenoxy) is 1. The summed E-state index contributed by atoms with van der Waals surface area (Å²) in [5.41, 5.74) is 1.87. The van der Waals surface area contributed by atoms with Gasteiger partial charge in [-0.05, 0) is 67.8 Å². The summed E-state index contributed by atoms with van der Waals surface area (Å²) < 4.78 is 45.8. The molecule has 0 saturated carbocycles. The van der Waals surface area contributed by atoms with Crippen molar-refractivity contribution in [3.63, 3.8) is 0 Å². The minimum absolute atomic E-state index is 0.00191. The van der Waals surface area contributed by atoms with Gasteiger partial charge in [0, 0.05) is 12.6 Å². The minimum atomic E-state index is -3.87. The highest BCUT2D eigenvalue weighted by Crippen LogP contribution is 2.23. The number of rotatable bonds is 13. The van der Waals surface area contributed by atoms with Crippen LogP contribution < -0.4 is 14.4 Å². The number of hydrogen-bond donors (Lipinski definition) is 1. The molecule has 0 heterocycles. The van der Waals surface area contributed by atoms with Crippen molar-refractivity contribution in [3.8, 4) is 5.75 Å². The lowest BCUT2D eigenvalue weighted by molar-refractivity contribution is -0.139. The van der Waals surface area contributed by atoms with Crippen LogP contribution >= 0.6 is 0 Å². The van der Waals surface area contributed by atoms with Gasteiger partial charge in [0.1, 0.15) is 30.8 Å². The van der Waals surface area contributed by atoms with Gasteiger partial charge in [0.25, 0.3) is 0 Å². The first-order valence-corrected chi connectivity index (χ1v) is 14.9. The Balaban J connectivity index is 1.81. The fourth-order valence-electron chi connectivity index (χ4n) is 3.90. The summed E-state index contributed by atoms with van der Waals surface area (Å²) in [6.45, 7) is 5.20. The highest BCUT2D eigenvalue weighted by molar-refractivity contribution is 7.92. The Hall–Kier alpha value is -3.92. The van der Waals surface area contributed by atoms with Gasteiger partial charge in [-0.3, -0.25) is 13.9 Å². The monoisotopic (exact) mass is 569 g/mol. The van der Waals surface area contributed by atoms with Gasteiger partial charge in [0.2, 0.25) is 21.8 Å². The molecule has 0 aliphatic heterocycles. The first-order valence-electron chi connectivity index (χ1n) is 13.1. The number of benzene rings is 3. The first-order chi connectivity index (χ1) is 19.0. The lowest BCUT2D eigenvalue weighted by atomic mass is 10.1. The van der Waals surface area contributed by atoms with Gasteiger partial charge < -0.3 is 15.0 Å². The number of amides is 2. The summed E-state index contributed by atoms with van der Waals surface area (Å²) in [4.78, 5) is 27.9. The summed E-state index contributed by atoms with van der Waals surface area (Å²) in [5, 5.41) is 2.87. The SMILES string of the molecule is CC[C@@H](C)NC(=O)[C@@H](C)N(Cc1ccc(F)cc1)C(=O)CN(c1ccc(OCc2ccccc2)cc1)S(C)(=O)=O. The van der Waals surface area contributed by atoms with Crippen LogP contribution in [0.1, 0.15) is 38.3 Å². The van der Waals surface area contributed by atoms with Crippen LogP contribution in [0.3, 0.4) is 0 Å². The van der Waals surface area contributed by atoms with E-state index in [1.165, 1.54) is 29.2 Å². The first kappa shape index (κ1) is 30.6. The molecule has 0 aliphatic carbocycles. The highest BCUT2D eigenvalue weighted by atomic mass is 32.2. The number of carbonyl (C=O) groups excluding carboxylic acids is 2. The lowest BCUT2D eigenvalue weighted by Crippen LogP contribution is -2.52. The zero-order valence-electron chi connectivity index (χ0n) is 23.2. The number of sulfonamides is 1. The van der Waals surface area contributed by atoms with Crippen LogP contribution in [0.15, 0.2) is 78.9 Å². The molecule has 2 atom stereocenters. The summed E-state index contributed by atoms with van der Waals surface area (Å²) in [6.07, 6.45) is 1.72. The van der Waals surface area contributed by atoms with Crippen LogP contribution in [0, 0.1) is 5.82 Å². The maximum Gasteiger partial charge on any atom is 0.244 e. The summed E-state index contributed by atoms with van der Waals surface area (Å²) in [7, 11) is -3.87. The Morgan fingerprint density at radius 3 is 2.12 bits per heavy atom. The van der Waals surface area contributed by atoms with E-state index in [0.717, 1.165) is 16.1 Å². The van der Waals surface area contributed by atoms with Crippen LogP contribution in [0.2, 0.25) is 0 Å². The van der Waals surface area contributed by atoms with Gasteiger partial charge >= 0.3 is 0 Å². The Labute approximate surface area is 235 Å². The Morgan fingerprint density at radius 2 is 1.55 bits per heavy atom. The summed E-state index contributed by atoms with van der Waals surface area (Å²) >= 11 is 0. The number of hydrogen-bond acceptors (Lipinski definition) is 5. The van der Waals surface area contributed by atoms with E-state index in [9.17, 15) is 22.4 Å². The third-order valence-electron chi connectivity index (χ3n) is 6.49. The molecule has 3 rings (SSSR count). The van der Waals surface area contributed by atoms with Crippen molar-refractivity contribution in [1.29, 1.82) is 0 Å². The molecule has 2 amide bonds. The normalized spacial score (nSPS) is 12.7. The smallest absolute Gasteiger partial charge is 0.244 e. The Morgan fingerprint density at radius 1 is 0.925 bits per heavy atom. The molecule has 1 N–H and O–H groups in total. The van der Waals surface area contributed by atoms with Crippen LogP contribution in [-0.2, 0) is 32.8 Å². The van der Waals surface area contributed by atoms with Crippen molar-refractivity contribution in [2.45, 2.75) is 52.4 Å². The predicted molar refractivity (Wildman–Crippen MR) is 154 cm³/mol. The maximum atomic E-state index is 13.6. The van der Waals surface area contributed by atoms with Gasteiger partial charge in [-0.15, -0.1) is 0 Å². The standard InChI is InChI=1S/C30H36FN3O5S/c1-5-22(2)32-30(36)23(3)33(19-24-11-13-26(31)14-12-24)29(35)20-34(40(4,37)38)27-15-17-28(18-16-27)39-21-25-9-7-6-8-10-25/h6-18,22-23H,5,19-21H2,1-4H3,(H,32,36)/t22-,23-/m1/s1. The average molecular weight is 570 g/mol. The third kappa shape index (κ3) is 8.81. The second-order valence-corrected chi connectivity index (χ2v) is 11.6. The average Bonchev–Trinajstić information content (AvgIpc) is 2.94. The number of halogens is 1. The molecule has 214 valence electrons. The molecule has 0 radical (unpaired) electrons. The molecule has 40 heavy (non-hydrogen) atoms. The van der Waals surface area contributed by atoms with Crippen molar-refractivity contribution in [3.05, 3.63) is 95.8 Å². The topological polar surface area (TPSA) is 96.0 Å². The van der Waals surface area contributed by atoms with Crippen LogP contribution in [0.4, 0.5) is 10.1 Å². The highest BCUT2D eigenvalue weighted by Gasteiger charge is 2.30. The minimum Gasteiger partial charge on any atom is -0.489 e. The van der Waals surface area contributed by atoms with Gasteiger partial charge in [-0.25, -0.2) is 12.8 Å². The second-order valence-electron chi connectivity index (χ2n) is 9.68. The molecule has 0 unspecified atom stereocenters. The quantitative estimate of drug-likeness (QED) is 0.327. The van der Waals surface area contributed by atoms with Crippen LogP contribution in [0.25, 0.3) is 0 Å². The largest absolute Gasteiger partial charge is 0.489 e. The van der Waals surface area contributed by atoms with Crippen molar-refractivity contribution >= 4 is 27.5 Å². The number of nitrogens with one attached hydrogen (secondary N) is 1. The van der Waals surface area contributed by atoms with Crippen LogP contribution in [-0.4, -0.2) is 50.0 Å². The van der Waals surface area contributed by atoms with Crippen LogP contribution in [0.5, 0.6) is 5.75 Å². The lowest BCUT2D eigenvalue weighted by Gasteiger charge is -2.32. The summed E-state index contributed by atoms with van der Waals surface area (Å²) in [6, 6.07) is 20.6. The molecule has 0 aliphatic rings. The molecule has 0 saturated heterocycles. The van der Waals surface area contributed by atoms with Crippen molar-refractivity contribution in [2.75, 3.05) is 17.1 Å². The van der Waals surface area contributed by atoms with E-state index in [0.29, 0.717) is 24.3 Å². The van der Waals surface area contributed by atoms with Gasteiger partial charge in [0.05, 0.1) is 11.9 Å². The van der Waals surface area contributed by atoms with Crippen molar-refractivity contribution < 1.29 is 27.1 Å². The zero-order valence-corrected chi connectivity index (χ0v) is 24.0. The molecule has 3 aromatic rings. The Bertz CT molecular complexity index is 1370. The molecule has 0 fully saturated rings. The molecular formula is C30H36FN3O5S. The van der Waals surface area contributed by atoms with E-state index in [1.807, 2.05) is 44.2 Å². The fraction of sp³-hybridized carbons (Fsp3) is 0.333. The van der Waals surface area contributed by atoms with Crippen molar-refractivity contribution in [2.24, 2.45) is 0 Å². The Kier molecular flexibility index (Phi) is 10.7. The fourth-order valence-corrected chi connectivity index (χ4v) is 4.75. The van der Waals surface area contributed by atoms with E-state index in [2.05, 4.69) is 5.32 Å².